The van der Waals surface area contributed by atoms with Crippen LogP contribution in [0.4, 0.5) is 0 Å². The van der Waals surface area contributed by atoms with E-state index in [-0.39, 0.29) is 11.9 Å². The summed E-state index contributed by atoms with van der Waals surface area (Å²) in [4.78, 5) is 14.7. The normalized spacial score (nSPS) is 18.2. The topological polar surface area (TPSA) is 53.9 Å². The van der Waals surface area contributed by atoms with Crippen LogP contribution in [0.5, 0.6) is 0 Å². The highest BCUT2D eigenvalue weighted by atomic mass is 16.2. The van der Waals surface area contributed by atoms with Crippen LogP contribution in [0.1, 0.15) is 46.1 Å². The van der Waals surface area contributed by atoms with Crippen molar-refractivity contribution in [2.45, 2.75) is 40.3 Å². The number of H-pyrrole nitrogens is 1. The molecule has 2 aromatic rings. The van der Waals surface area contributed by atoms with Crippen molar-refractivity contribution in [1.29, 1.82) is 0 Å². The summed E-state index contributed by atoms with van der Waals surface area (Å²) >= 11 is 0. The Hall–Kier alpha value is -2.04. The number of carbonyl (C=O) groups is 1. The molecule has 0 fully saturated rings. The molecule has 1 unspecified atom stereocenters. The number of amides is 1. The maximum atomic E-state index is 12.8. The van der Waals surface area contributed by atoms with Crippen molar-refractivity contribution in [3.63, 3.8) is 0 Å². The van der Waals surface area contributed by atoms with E-state index >= 15 is 0 Å². The van der Waals surface area contributed by atoms with Crippen molar-refractivity contribution in [1.82, 2.24) is 19.7 Å². The quantitative estimate of drug-likeness (QED) is 0.866. The first-order valence-electron chi connectivity index (χ1n) is 6.99. The predicted octanol–water partition coefficient (Wildman–Crippen LogP) is 2.35. The Labute approximate surface area is 118 Å². The van der Waals surface area contributed by atoms with E-state index in [1.165, 1.54) is 11.4 Å². The van der Waals surface area contributed by atoms with Crippen molar-refractivity contribution in [3.8, 4) is 0 Å². The van der Waals surface area contributed by atoms with Crippen molar-refractivity contribution in [3.05, 3.63) is 40.5 Å². The van der Waals surface area contributed by atoms with E-state index in [1.54, 1.807) is 0 Å². The van der Waals surface area contributed by atoms with E-state index in [2.05, 4.69) is 40.7 Å². The molecule has 5 nitrogen and oxygen atoms in total. The molecule has 3 rings (SSSR count). The lowest BCUT2D eigenvalue weighted by Gasteiger charge is -2.35. The van der Waals surface area contributed by atoms with Gasteiger partial charge in [-0.3, -0.25) is 9.89 Å². The predicted molar refractivity (Wildman–Crippen MR) is 76.7 cm³/mol. The highest BCUT2D eigenvalue weighted by Crippen LogP contribution is 2.29. The Balaban J connectivity index is 1.95. The molecule has 0 saturated heterocycles. The first-order valence-corrected chi connectivity index (χ1v) is 6.99. The first kappa shape index (κ1) is 13.0. The standard InChI is InChI=1S/C15H20N4O/c1-9-5-6-13-12(4)19(8-7-18(9)13)15(20)14-10(2)16-17-11(14)3/h5-6,12H,7-8H2,1-4H3,(H,16,17). The van der Waals surface area contributed by atoms with Gasteiger partial charge in [0.2, 0.25) is 0 Å². The second-order valence-corrected chi connectivity index (χ2v) is 5.53. The van der Waals surface area contributed by atoms with E-state index in [9.17, 15) is 4.79 Å². The fourth-order valence-corrected chi connectivity index (χ4v) is 3.11. The van der Waals surface area contributed by atoms with Gasteiger partial charge in [-0.15, -0.1) is 0 Å². The zero-order valence-electron chi connectivity index (χ0n) is 12.4. The fraction of sp³-hybridized carbons (Fsp3) is 0.467. The number of carbonyl (C=O) groups excluding carboxylic acids is 1. The largest absolute Gasteiger partial charge is 0.345 e. The van der Waals surface area contributed by atoms with Gasteiger partial charge in [-0.2, -0.15) is 5.10 Å². The summed E-state index contributed by atoms with van der Waals surface area (Å²) in [6, 6.07) is 4.33. The Bertz CT molecular complexity index is 648. The van der Waals surface area contributed by atoms with Crippen LogP contribution in [0.25, 0.3) is 0 Å². The maximum absolute atomic E-state index is 12.8. The third-order valence-corrected chi connectivity index (χ3v) is 4.30. The van der Waals surface area contributed by atoms with Gasteiger partial charge < -0.3 is 9.47 Å². The minimum atomic E-state index is 0.0753. The molecule has 1 aliphatic heterocycles. The van der Waals surface area contributed by atoms with Gasteiger partial charge in [-0.05, 0) is 39.8 Å². The van der Waals surface area contributed by atoms with E-state index in [0.717, 1.165) is 24.5 Å². The molecule has 2 aromatic heterocycles. The number of hydrogen-bond donors (Lipinski definition) is 1. The van der Waals surface area contributed by atoms with Crippen LogP contribution in [0.15, 0.2) is 12.1 Å². The SMILES string of the molecule is Cc1n[nH]c(C)c1C(=O)N1CCn2c(C)ccc2C1C. The summed E-state index contributed by atoms with van der Waals surface area (Å²) in [5, 5.41) is 7.02. The third kappa shape index (κ3) is 1.77. The van der Waals surface area contributed by atoms with Gasteiger partial charge in [0.25, 0.3) is 5.91 Å². The maximum Gasteiger partial charge on any atom is 0.258 e. The summed E-state index contributed by atoms with van der Waals surface area (Å²) in [7, 11) is 0. The molecule has 0 bridgehead atoms. The number of fused-ring (bicyclic) bond motifs is 1. The number of nitrogens with zero attached hydrogens (tertiary/aromatic N) is 3. The summed E-state index contributed by atoms with van der Waals surface area (Å²) in [5.74, 6) is 0.0753. The Morgan fingerprint density at radius 3 is 2.70 bits per heavy atom. The van der Waals surface area contributed by atoms with Gasteiger partial charge in [0.15, 0.2) is 0 Å². The second kappa shape index (κ2) is 4.51. The fourth-order valence-electron chi connectivity index (χ4n) is 3.11. The van der Waals surface area contributed by atoms with Crippen molar-refractivity contribution < 1.29 is 4.79 Å². The summed E-state index contributed by atoms with van der Waals surface area (Å²) in [6.45, 7) is 9.57. The Morgan fingerprint density at radius 2 is 2.05 bits per heavy atom. The molecule has 0 spiro atoms. The first-order chi connectivity index (χ1) is 9.50. The molecule has 3 heterocycles. The highest BCUT2D eigenvalue weighted by molar-refractivity contribution is 5.96. The molecular weight excluding hydrogens is 252 g/mol. The summed E-state index contributed by atoms with van der Waals surface area (Å²) in [6.07, 6.45) is 0. The number of hydrogen-bond acceptors (Lipinski definition) is 2. The molecule has 106 valence electrons. The van der Waals surface area contributed by atoms with Crippen molar-refractivity contribution >= 4 is 5.91 Å². The van der Waals surface area contributed by atoms with E-state index in [0.29, 0.717) is 5.56 Å². The van der Waals surface area contributed by atoms with Crippen LogP contribution in [0.3, 0.4) is 0 Å². The lowest BCUT2D eigenvalue weighted by Crippen LogP contribution is -2.41. The van der Waals surface area contributed by atoms with E-state index < -0.39 is 0 Å². The number of aryl methyl sites for hydroxylation is 3. The molecule has 20 heavy (non-hydrogen) atoms. The van der Waals surface area contributed by atoms with Crippen LogP contribution >= 0.6 is 0 Å². The minimum absolute atomic E-state index is 0.0753. The minimum Gasteiger partial charge on any atom is -0.345 e. The van der Waals surface area contributed by atoms with Crippen LogP contribution in [0.2, 0.25) is 0 Å². The summed E-state index contributed by atoms with van der Waals surface area (Å²) < 4.78 is 2.30. The summed E-state index contributed by atoms with van der Waals surface area (Å²) in [5.41, 5.74) is 4.80. The molecule has 1 atom stereocenters. The Morgan fingerprint density at radius 1 is 1.30 bits per heavy atom. The van der Waals surface area contributed by atoms with Gasteiger partial charge in [-0.25, -0.2) is 0 Å². The monoisotopic (exact) mass is 272 g/mol. The second-order valence-electron chi connectivity index (χ2n) is 5.53. The molecule has 0 radical (unpaired) electrons. The number of nitrogens with one attached hydrogen (secondary N) is 1. The van der Waals surface area contributed by atoms with Gasteiger partial charge in [0.1, 0.15) is 0 Å². The average molecular weight is 272 g/mol. The molecule has 5 heteroatoms. The number of aromatic nitrogens is 3. The third-order valence-electron chi connectivity index (χ3n) is 4.30. The molecule has 0 aromatic carbocycles. The zero-order valence-corrected chi connectivity index (χ0v) is 12.4. The molecule has 1 N–H and O–H groups in total. The zero-order chi connectivity index (χ0) is 14.4. The molecule has 0 aliphatic carbocycles. The van der Waals surface area contributed by atoms with Crippen LogP contribution in [-0.2, 0) is 6.54 Å². The highest BCUT2D eigenvalue weighted by Gasteiger charge is 2.31. The van der Waals surface area contributed by atoms with Gasteiger partial charge in [0, 0.05) is 30.2 Å². The van der Waals surface area contributed by atoms with Gasteiger partial charge >= 0.3 is 0 Å². The van der Waals surface area contributed by atoms with Crippen LogP contribution in [0, 0.1) is 20.8 Å². The lowest BCUT2D eigenvalue weighted by molar-refractivity contribution is 0.0641. The molecule has 1 aliphatic rings. The number of rotatable bonds is 1. The van der Waals surface area contributed by atoms with Gasteiger partial charge in [-0.1, -0.05) is 0 Å². The van der Waals surface area contributed by atoms with Crippen molar-refractivity contribution in [2.75, 3.05) is 6.54 Å². The van der Waals surface area contributed by atoms with Crippen LogP contribution in [-0.4, -0.2) is 32.1 Å². The average Bonchev–Trinajstić information content (AvgIpc) is 2.94. The lowest BCUT2D eigenvalue weighted by atomic mass is 10.1. The Kier molecular flexibility index (Phi) is 2.92. The molecular formula is C15H20N4O. The van der Waals surface area contributed by atoms with Crippen molar-refractivity contribution in [2.24, 2.45) is 0 Å². The van der Waals surface area contributed by atoms with Gasteiger partial charge in [0.05, 0.1) is 17.3 Å². The van der Waals surface area contributed by atoms with E-state index in [1.807, 2.05) is 18.7 Å². The molecule has 0 saturated carbocycles. The smallest absolute Gasteiger partial charge is 0.258 e. The molecule has 1 amide bonds. The number of aromatic amines is 1. The van der Waals surface area contributed by atoms with Crippen LogP contribution < -0.4 is 0 Å². The van der Waals surface area contributed by atoms with E-state index in [4.69, 9.17) is 0 Å².